The standard InChI is InChI=1S/C30H28Cl2N3O6PS/c1-3-40-42(37,41-4-2)20-35(43(38,39)27-16-24(31)15-25(32)17-27)26-12-13-28-23(14-26)6-5-7-29(28)30(36)34-19-22-10-8-21(18-33)9-11-22/h5-17H,3-4,19-20H2,1-2H3,(H,34,36). The summed E-state index contributed by atoms with van der Waals surface area (Å²) >= 11 is 12.2. The van der Waals surface area contributed by atoms with Gasteiger partial charge in [-0.3, -0.25) is 13.7 Å². The van der Waals surface area contributed by atoms with Crippen molar-refractivity contribution in [2.45, 2.75) is 25.3 Å². The topological polar surface area (TPSA) is 126 Å². The fourth-order valence-electron chi connectivity index (χ4n) is 4.37. The first-order valence-corrected chi connectivity index (χ1v) is 17.1. The SMILES string of the molecule is CCOP(=O)(CN(c1ccc2c(C(=O)NCc3ccc(C#N)cc3)cccc2c1)S(=O)(=O)c1cc(Cl)cc(Cl)c1)OCC. The van der Waals surface area contributed by atoms with Crippen molar-refractivity contribution < 1.29 is 26.8 Å². The Kier molecular flexibility index (Phi) is 10.5. The number of hydrogen-bond acceptors (Lipinski definition) is 7. The lowest BCUT2D eigenvalue weighted by Crippen LogP contribution is -2.33. The van der Waals surface area contributed by atoms with Gasteiger partial charge in [0.15, 0.2) is 0 Å². The minimum atomic E-state index is -4.38. The molecule has 0 spiro atoms. The van der Waals surface area contributed by atoms with E-state index in [1.54, 1.807) is 68.4 Å². The van der Waals surface area contributed by atoms with Crippen molar-refractivity contribution in [1.82, 2.24) is 5.32 Å². The number of sulfonamides is 1. The molecule has 0 aliphatic heterocycles. The van der Waals surface area contributed by atoms with Crippen molar-refractivity contribution in [3.63, 3.8) is 0 Å². The third-order valence-electron chi connectivity index (χ3n) is 6.31. The number of carbonyl (C=O) groups is 1. The summed E-state index contributed by atoms with van der Waals surface area (Å²) < 4.78 is 53.3. The highest BCUT2D eigenvalue weighted by atomic mass is 35.5. The highest BCUT2D eigenvalue weighted by molar-refractivity contribution is 7.93. The smallest absolute Gasteiger partial charge is 0.348 e. The summed E-state index contributed by atoms with van der Waals surface area (Å²) in [6.07, 6.45) is -0.614. The minimum Gasteiger partial charge on any atom is -0.348 e. The van der Waals surface area contributed by atoms with Crippen LogP contribution in [0.2, 0.25) is 10.0 Å². The number of fused-ring (bicyclic) bond motifs is 1. The third-order valence-corrected chi connectivity index (χ3v) is 10.6. The molecule has 224 valence electrons. The molecule has 0 heterocycles. The molecule has 0 radical (unpaired) electrons. The Hall–Kier alpha value is -3.42. The number of benzene rings is 4. The average molecular weight is 661 g/mol. The van der Waals surface area contributed by atoms with E-state index in [-0.39, 0.29) is 46.3 Å². The number of rotatable bonds is 12. The van der Waals surface area contributed by atoms with Crippen LogP contribution in [0.3, 0.4) is 0 Å². The molecule has 0 aliphatic carbocycles. The van der Waals surface area contributed by atoms with Crippen LogP contribution in [0.15, 0.2) is 83.8 Å². The van der Waals surface area contributed by atoms with Crippen LogP contribution in [0.1, 0.15) is 35.3 Å². The van der Waals surface area contributed by atoms with E-state index in [0.29, 0.717) is 21.9 Å². The van der Waals surface area contributed by atoms with Gasteiger partial charge >= 0.3 is 7.60 Å². The Labute approximate surface area is 260 Å². The van der Waals surface area contributed by atoms with Crippen LogP contribution in [0.5, 0.6) is 0 Å². The second-order valence-corrected chi connectivity index (χ2v) is 14.0. The van der Waals surface area contributed by atoms with Gasteiger partial charge in [0.1, 0.15) is 6.29 Å². The molecule has 43 heavy (non-hydrogen) atoms. The maximum absolute atomic E-state index is 14.0. The molecular formula is C30H28Cl2N3O6PS. The van der Waals surface area contributed by atoms with E-state index in [2.05, 4.69) is 11.4 Å². The van der Waals surface area contributed by atoms with E-state index in [1.807, 2.05) is 0 Å². The average Bonchev–Trinajstić information content (AvgIpc) is 2.98. The molecule has 4 aromatic carbocycles. The highest BCUT2D eigenvalue weighted by Gasteiger charge is 2.35. The van der Waals surface area contributed by atoms with Gasteiger partial charge in [0.2, 0.25) is 0 Å². The van der Waals surface area contributed by atoms with Crippen molar-refractivity contribution in [1.29, 1.82) is 5.26 Å². The Bertz CT molecular complexity index is 1820. The lowest BCUT2D eigenvalue weighted by molar-refractivity contribution is 0.0952. The molecule has 0 unspecified atom stereocenters. The Morgan fingerprint density at radius 1 is 0.953 bits per heavy atom. The molecule has 1 amide bonds. The maximum Gasteiger partial charge on any atom is 0.350 e. The van der Waals surface area contributed by atoms with Crippen LogP contribution >= 0.6 is 30.8 Å². The molecule has 9 nitrogen and oxygen atoms in total. The highest BCUT2D eigenvalue weighted by Crippen LogP contribution is 2.50. The van der Waals surface area contributed by atoms with Crippen LogP contribution in [0.4, 0.5) is 5.69 Å². The zero-order valence-electron chi connectivity index (χ0n) is 23.3. The molecule has 13 heteroatoms. The van der Waals surface area contributed by atoms with Crippen molar-refractivity contribution in [3.05, 3.63) is 106 Å². The molecule has 0 fully saturated rings. The predicted molar refractivity (Wildman–Crippen MR) is 168 cm³/mol. The number of amides is 1. The van der Waals surface area contributed by atoms with Gasteiger partial charge in [-0.05, 0) is 78.7 Å². The van der Waals surface area contributed by atoms with Gasteiger partial charge in [0, 0.05) is 22.2 Å². The van der Waals surface area contributed by atoms with Crippen molar-refractivity contribution >= 4 is 63.2 Å². The number of nitriles is 1. The molecule has 0 aromatic heterocycles. The fourth-order valence-corrected chi connectivity index (χ4v) is 8.76. The van der Waals surface area contributed by atoms with Gasteiger partial charge in [0.25, 0.3) is 15.9 Å². The van der Waals surface area contributed by atoms with Crippen LogP contribution in [-0.2, 0) is 30.2 Å². The number of nitrogens with zero attached hydrogens (tertiary/aromatic N) is 2. The van der Waals surface area contributed by atoms with Crippen LogP contribution < -0.4 is 9.62 Å². The first-order chi connectivity index (χ1) is 20.5. The molecular weight excluding hydrogens is 632 g/mol. The minimum absolute atomic E-state index is 0.0345. The van der Waals surface area contributed by atoms with Gasteiger partial charge < -0.3 is 14.4 Å². The van der Waals surface area contributed by atoms with Crippen LogP contribution in [0, 0.1) is 11.3 Å². The predicted octanol–water partition coefficient (Wildman–Crippen LogP) is 7.37. The molecule has 0 bridgehead atoms. The monoisotopic (exact) mass is 659 g/mol. The zero-order valence-corrected chi connectivity index (χ0v) is 26.5. The normalized spacial score (nSPS) is 11.7. The molecule has 0 aliphatic rings. The summed E-state index contributed by atoms with van der Waals surface area (Å²) in [5, 5.41) is 13.2. The summed E-state index contributed by atoms with van der Waals surface area (Å²) in [7, 11) is -8.29. The zero-order chi connectivity index (χ0) is 31.2. The molecule has 0 atom stereocenters. The second-order valence-electron chi connectivity index (χ2n) is 9.25. The number of anilines is 1. The number of halogens is 2. The van der Waals surface area contributed by atoms with E-state index >= 15 is 0 Å². The number of nitrogens with one attached hydrogen (secondary N) is 1. The largest absolute Gasteiger partial charge is 0.350 e. The first-order valence-electron chi connectivity index (χ1n) is 13.2. The van der Waals surface area contributed by atoms with E-state index in [0.717, 1.165) is 9.87 Å². The van der Waals surface area contributed by atoms with Crippen molar-refractivity contribution in [2.24, 2.45) is 0 Å². The van der Waals surface area contributed by atoms with Gasteiger partial charge in [-0.25, -0.2) is 8.42 Å². The Morgan fingerprint density at radius 2 is 1.60 bits per heavy atom. The maximum atomic E-state index is 14.0. The van der Waals surface area contributed by atoms with Crippen LogP contribution in [-0.4, -0.2) is 33.8 Å². The van der Waals surface area contributed by atoms with E-state index in [1.165, 1.54) is 24.3 Å². The Balaban J connectivity index is 1.73. The van der Waals surface area contributed by atoms with Crippen LogP contribution in [0.25, 0.3) is 10.8 Å². The van der Waals surface area contributed by atoms with Gasteiger partial charge in [-0.15, -0.1) is 0 Å². The fraction of sp³-hybridized carbons (Fsp3) is 0.200. The summed E-state index contributed by atoms with van der Waals surface area (Å²) in [4.78, 5) is 12.9. The van der Waals surface area contributed by atoms with Crippen molar-refractivity contribution in [2.75, 3.05) is 23.8 Å². The Morgan fingerprint density at radius 3 is 2.21 bits per heavy atom. The summed E-state index contributed by atoms with van der Waals surface area (Å²) in [5.41, 5.74) is 1.89. The van der Waals surface area contributed by atoms with E-state index in [4.69, 9.17) is 37.5 Å². The van der Waals surface area contributed by atoms with Gasteiger partial charge in [-0.1, -0.05) is 53.5 Å². The van der Waals surface area contributed by atoms with E-state index < -0.39 is 23.9 Å². The lowest BCUT2D eigenvalue weighted by atomic mass is 10.0. The number of hydrogen-bond donors (Lipinski definition) is 1. The summed E-state index contributed by atoms with van der Waals surface area (Å²) in [5.74, 6) is -0.335. The van der Waals surface area contributed by atoms with Crippen molar-refractivity contribution in [3.8, 4) is 6.07 Å². The molecule has 0 saturated carbocycles. The van der Waals surface area contributed by atoms with Gasteiger partial charge in [0.05, 0.1) is 35.4 Å². The van der Waals surface area contributed by atoms with Gasteiger partial charge in [-0.2, -0.15) is 5.26 Å². The molecule has 4 rings (SSSR count). The third kappa shape index (κ3) is 7.76. The number of carbonyl (C=O) groups excluding carboxylic acids is 1. The molecule has 1 N–H and O–H groups in total. The lowest BCUT2D eigenvalue weighted by Gasteiger charge is -2.28. The first kappa shape index (κ1) is 32.5. The second kappa shape index (κ2) is 13.9. The molecule has 0 saturated heterocycles. The summed E-state index contributed by atoms with van der Waals surface area (Å²) in [6.45, 7) is 3.58. The quantitative estimate of drug-likeness (QED) is 0.157. The molecule has 4 aromatic rings. The van der Waals surface area contributed by atoms with E-state index in [9.17, 15) is 17.8 Å². The summed E-state index contributed by atoms with van der Waals surface area (Å²) in [6, 6.07) is 22.6.